The molecule has 18 heavy (non-hydrogen) atoms. The Balaban J connectivity index is 2.28. The molecule has 0 aliphatic rings. The lowest BCUT2D eigenvalue weighted by atomic mass is 10.2. The summed E-state index contributed by atoms with van der Waals surface area (Å²) in [6, 6.07) is 5.31. The van der Waals surface area contributed by atoms with Gasteiger partial charge in [0.15, 0.2) is 10.4 Å². The molecule has 4 nitrogen and oxygen atoms in total. The number of aryl methyl sites for hydroxylation is 1. The first-order chi connectivity index (χ1) is 8.52. The third-order valence-corrected chi connectivity index (χ3v) is 4.07. The Bertz CT molecular complexity index is 652. The summed E-state index contributed by atoms with van der Waals surface area (Å²) in [5, 5.41) is 12.3. The van der Waals surface area contributed by atoms with Crippen molar-refractivity contribution in [3.8, 4) is 6.07 Å². The van der Waals surface area contributed by atoms with Crippen LogP contribution in [0.15, 0.2) is 21.2 Å². The molecule has 6 heteroatoms. The van der Waals surface area contributed by atoms with E-state index in [2.05, 4.69) is 27.3 Å². The number of hydrogen-bond donors (Lipinski definition) is 1. The maximum atomic E-state index is 11.9. The molecule has 0 bridgehead atoms. The highest BCUT2D eigenvalue weighted by atomic mass is 79.9. The number of halogens is 1. The Morgan fingerprint density at radius 1 is 1.50 bits per heavy atom. The number of nitrogens with zero attached hydrogens (tertiary/aromatic N) is 1. The second kappa shape index (κ2) is 4.96. The van der Waals surface area contributed by atoms with Crippen LogP contribution in [0.25, 0.3) is 0 Å². The van der Waals surface area contributed by atoms with Gasteiger partial charge in [-0.15, -0.1) is 11.3 Å². The number of nitriles is 1. The predicted octanol–water partition coefficient (Wildman–Crippen LogP) is 3.84. The predicted molar refractivity (Wildman–Crippen MR) is 72.9 cm³/mol. The van der Waals surface area contributed by atoms with Crippen LogP contribution in [-0.2, 0) is 0 Å². The molecule has 0 saturated carbocycles. The Hall–Kier alpha value is -1.58. The van der Waals surface area contributed by atoms with Crippen molar-refractivity contribution in [1.29, 1.82) is 5.26 Å². The summed E-state index contributed by atoms with van der Waals surface area (Å²) in [6.45, 7) is 3.78. The van der Waals surface area contributed by atoms with Crippen LogP contribution in [0.1, 0.15) is 26.6 Å². The van der Waals surface area contributed by atoms with E-state index < -0.39 is 0 Å². The highest BCUT2D eigenvalue weighted by Gasteiger charge is 2.17. The van der Waals surface area contributed by atoms with Gasteiger partial charge >= 0.3 is 0 Å². The molecule has 0 radical (unpaired) electrons. The zero-order valence-corrected chi connectivity index (χ0v) is 12.1. The summed E-state index contributed by atoms with van der Waals surface area (Å²) >= 11 is 4.52. The van der Waals surface area contributed by atoms with E-state index in [1.54, 1.807) is 12.1 Å². The molecule has 2 rings (SSSR count). The smallest absolute Gasteiger partial charge is 0.292 e. The highest BCUT2D eigenvalue weighted by Crippen LogP contribution is 2.32. The number of rotatable bonds is 2. The van der Waals surface area contributed by atoms with Gasteiger partial charge in [0.25, 0.3) is 5.91 Å². The Morgan fingerprint density at radius 2 is 2.22 bits per heavy atom. The van der Waals surface area contributed by atoms with Gasteiger partial charge in [0, 0.05) is 4.88 Å². The molecular weight excluding hydrogens is 316 g/mol. The first kappa shape index (κ1) is 12.9. The number of carbonyl (C=O) groups excluding carboxylic acids is 1. The van der Waals surface area contributed by atoms with Gasteiger partial charge < -0.3 is 9.73 Å². The van der Waals surface area contributed by atoms with Crippen molar-refractivity contribution in [2.75, 3.05) is 5.32 Å². The molecule has 0 fully saturated rings. The van der Waals surface area contributed by atoms with Crippen LogP contribution in [0.2, 0.25) is 0 Å². The number of furan rings is 1. The highest BCUT2D eigenvalue weighted by molar-refractivity contribution is 9.10. The van der Waals surface area contributed by atoms with Gasteiger partial charge in [-0.3, -0.25) is 4.79 Å². The standard InChI is InChI=1S/C12H9BrN2O2S/c1-6-7(2)18-12(8(6)5-14)15-11(16)9-3-4-10(13)17-9/h3-4H,1-2H3,(H,15,16). The normalized spacial score (nSPS) is 10.1. The fourth-order valence-electron chi connectivity index (χ4n) is 1.45. The molecule has 0 saturated heterocycles. The lowest BCUT2D eigenvalue weighted by Crippen LogP contribution is -2.10. The fourth-order valence-corrected chi connectivity index (χ4v) is 2.76. The zero-order chi connectivity index (χ0) is 13.3. The van der Waals surface area contributed by atoms with Crippen LogP contribution < -0.4 is 5.32 Å². The molecule has 1 amide bonds. The Labute approximate surface area is 116 Å². The van der Waals surface area contributed by atoms with E-state index in [1.165, 1.54) is 11.3 Å². The van der Waals surface area contributed by atoms with E-state index in [4.69, 9.17) is 9.68 Å². The molecule has 0 aliphatic carbocycles. The minimum atomic E-state index is -0.363. The lowest BCUT2D eigenvalue weighted by molar-refractivity contribution is 0.0996. The van der Waals surface area contributed by atoms with Gasteiger partial charge in [0.1, 0.15) is 11.1 Å². The quantitative estimate of drug-likeness (QED) is 0.912. The number of nitrogens with one attached hydrogen (secondary N) is 1. The molecule has 0 atom stereocenters. The molecule has 0 unspecified atom stereocenters. The topological polar surface area (TPSA) is 66.0 Å². The average Bonchev–Trinajstić information content (AvgIpc) is 2.85. The van der Waals surface area contributed by atoms with Gasteiger partial charge in [0.2, 0.25) is 0 Å². The van der Waals surface area contributed by atoms with Crippen LogP contribution in [0.3, 0.4) is 0 Å². The average molecular weight is 325 g/mol. The van der Waals surface area contributed by atoms with Crippen LogP contribution in [0.5, 0.6) is 0 Å². The van der Waals surface area contributed by atoms with Crippen molar-refractivity contribution in [3.05, 3.63) is 38.6 Å². The van der Waals surface area contributed by atoms with E-state index in [0.29, 0.717) is 15.2 Å². The summed E-state index contributed by atoms with van der Waals surface area (Å²) in [6.07, 6.45) is 0. The number of thiophene rings is 1. The van der Waals surface area contributed by atoms with Gasteiger partial charge in [0.05, 0.1) is 5.56 Å². The van der Waals surface area contributed by atoms with Crippen molar-refractivity contribution in [2.24, 2.45) is 0 Å². The van der Waals surface area contributed by atoms with Gasteiger partial charge in [-0.2, -0.15) is 5.26 Å². The van der Waals surface area contributed by atoms with Crippen LogP contribution in [-0.4, -0.2) is 5.91 Å². The van der Waals surface area contributed by atoms with Crippen molar-refractivity contribution in [1.82, 2.24) is 0 Å². The minimum Gasteiger partial charge on any atom is -0.444 e. The van der Waals surface area contributed by atoms with E-state index in [9.17, 15) is 4.79 Å². The SMILES string of the molecule is Cc1sc(NC(=O)c2ccc(Br)o2)c(C#N)c1C. The van der Waals surface area contributed by atoms with Crippen molar-refractivity contribution in [3.63, 3.8) is 0 Å². The largest absolute Gasteiger partial charge is 0.444 e. The summed E-state index contributed by atoms with van der Waals surface area (Å²) in [4.78, 5) is 12.9. The summed E-state index contributed by atoms with van der Waals surface area (Å²) in [7, 11) is 0. The molecule has 0 aromatic carbocycles. The molecule has 1 N–H and O–H groups in total. The molecule has 92 valence electrons. The Kier molecular flexibility index (Phi) is 3.55. The van der Waals surface area contributed by atoms with Crippen molar-refractivity contribution < 1.29 is 9.21 Å². The van der Waals surface area contributed by atoms with E-state index in [1.807, 2.05) is 13.8 Å². The maximum absolute atomic E-state index is 11.9. The number of anilines is 1. The number of carbonyl (C=O) groups is 1. The minimum absolute atomic E-state index is 0.203. The second-order valence-electron chi connectivity index (χ2n) is 3.66. The summed E-state index contributed by atoms with van der Waals surface area (Å²) in [5.41, 5.74) is 1.41. The summed E-state index contributed by atoms with van der Waals surface area (Å²) < 4.78 is 5.65. The van der Waals surface area contributed by atoms with Crippen LogP contribution in [0.4, 0.5) is 5.00 Å². The second-order valence-corrected chi connectivity index (χ2v) is 5.66. The van der Waals surface area contributed by atoms with Gasteiger partial charge in [-0.25, -0.2) is 0 Å². The molecule has 0 aliphatic heterocycles. The zero-order valence-electron chi connectivity index (χ0n) is 9.70. The van der Waals surface area contributed by atoms with Crippen molar-refractivity contribution >= 4 is 38.2 Å². The maximum Gasteiger partial charge on any atom is 0.292 e. The van der Waals surface area contributed by atoms with E-state index in [0.717, 1.165) is 10.4 Å². The first-order valence-electron chi connectivity index (χ1n) is 5.09. The third kappa shape index (κ3) is 2.33. The van der Waals surface area contributed by atoms with Crippen molar-refractivity contribution in [2.45, 2.75) is 13.8 Å². The molecule has 2 aromatic rings. The van der Waals surface area contributed by atoms with E-state index in [-0.39, 0.29) is 11.7 Å². The van der Waals surface area contributed by atoms with Gasteiger partial charge in [-0.05, 0) is 47.5 Å². The Morgan fingerprint density at radius 3 is 2.78 bits per heavy atom. The molecule has 2 aromatic heterocycles. The van der Waals surface area contributed by atoms with Gasteiger partial charge in [-0.1, -0.05) is 0 Å². The molecule has 2 heterocycles. The first-order valence-corrected chi connectivity index (χ1v) is 6.70. The fraction of sp³-hybridized carbons (Fsp3) is 0.167. The molecule has 0 spiro atoms. The van der Waals surface area contributed by atoms with Crippen LogP contribution in [0, 0.1) is 25.2 Å². The monoisotopic (exact) mass is 324 g/mol. The molecular formula is C12H9BrN2O2S. The number of hydrogen-bond acceptors (Lipinski definition) is 4. The van der Waals surface area contributed by atoms with E-state index >= 15 is 0 Å². The number of amides is 1. The van der Waals surface area contributed by atoms with Crippen LogP contribution >= 0.6 is 27.3 Å². The summed E-state index contributed by atoms with van der Waals surface area (Å²) in [5.74, 6) is -0.159. The lowest BCUT2D eigenvalue weighted by Gasteiger charge is -2.00. The third-order valence-electron chi connectivity index (χ3n) is 2.52.